The predicted octanol–water partition coefficient (Wildman–Crippen LogP) is 0.00970. The first-order valence-corrected chi connectivity index (χ1v) is 5.41. The highest BCUT2D eigenvalue weighted by Gasteiger charge is 2.20. The highest BCUT2D eigenvalue weighted by Crippen LogP contribution is 1.97. The first kappa shape index (κ1) is 14.7. The maximum absolute atomic E-state index is 11.5. The molecule has 0 heterocycles. The van der Waals surface area contributed by atoms with Crippen molar-refractivity contribution in [3.8, 4) is 0 Å². The molecule has 0 aromatic carbocycles. The average molecular weight is 232 g/mol. The lowest BCUT2D eigenvalue weighted by Gasteiger charge is -2.16. The molecule has 1 atom stereocenters. The summed E-state index contributed by atoms with van der Waals surface area (Å²) in [5.74, 6) is -0.508. The Morgan fingerprint density at radius 3 is 2.62 bits per heavy atom. The van der Waals surface area contributed by atoms with Crippen LogP contribution >= 0.6 is 0 Å². The Morgan fingerprint density at radius 1 is 1.44 bits per heavy atom. The van der Waals surface area contributed by atoms with Gasteiger partial charge in [-0.3, -0.25) is 0 Å². The van der Waals surface area contributed by atoms with Crippen LogP contribution in [0.25, 0.3) is 0 Å². The summed E-state index contributed by atoms with van der Waals surface area (Å²) >= 11 is 0. The molecule has 0 aliphatic rings. The molecule has 2 amide bonds. The summed E-state index contributed by atoms with van der Waals surface area (Å²) in [6.45, 7) is 2.14. The monoisotopic (exact) mass is 232 g/mol. The van der Waals surface area contributed by atoms with Crippen LogP contribution in [-0.4, -0.2) is 43.4 Å². The number of amides is 2. The van der Waals surface area contributed by atoms with Crippen molar-refractivity contribution < 1.29 is 19.4 Å². The van der Waals surface area contributed by atoms with Crippen LogP contribution < -0.4 is 10.6 Å². The van der Waals surface area contributed by atoms with Gasteiger partial charge in [0.15, 0.2) is 0 Å². The van der Waals surface area contributed by atoms with Gasteiger partial charge in [-0.25, -0.2) is 9.59 Å². The van der Waals surface area contributed by atoms with E-state index in [-0.39, 0.29) is 13.0 Å². The first-order valence-electron chi connectivity index (χ1n) is 5.41. The van der Waals surface area contributed by atoms with Crippen molar-refractivity contribution in [1.82, 2.24) is 10.6 Å². The predicted molar refractivity (Wildman–Crippen MR) is 58.9 cm³/mol. The van der Waals surface area contributed by atoms with Crippen molar-refractivity contribution in [3.63, 3.8) is 0 Å². The topological polar surface area (TPSA) is 87.7 Å². The molecular weight excluding hydrogens is 212 g/mol. The van der Waals surface area contributed by atoms with Gasteiger partial charge in [0.05, 0.1) is 6.61 Å². The van der Waals surface area contributed by atoms with E-state index in [1.807, 2.05) is 6.92 Å². The summed E-state index contributed by atoms with van der Waals surface area (Å²) in [4.78, 5) is 22.5. The van der Waals surface area contributed by atoms with Gasteiger partial charge in [0.2, 0.25) is 0 Å². The smallest absolute Gasteiger partial charge is 0.328 e. The zero-order valence-electron chi connectivity index (χ0n) is 9.78. The number of hydrogen-bond acceptors (Lipinski definition) is 4. The number of carbonyl (C=O) groups excluding carboxylic acids is 2. The third-order valence-corrected chi connectivity index (χ3v) is 1.98. The number of aliphatic hydroxyl groups excluding tert-OH is 1. The lowest BCUT2D eigenvalue weighted by atomic mass is 10.2. The van der Waals surface area contributed by atoms with E-state index in [4.69, 9.17) is 9.84 Å². The van der Waals surface area contributed by atoms with E-state index in [1.165, 1.54) is 7.05 Å². The molecule has 0 aromatic heterocycles. The Labute approximate surface area is 95.4 Å². The average Bonchev–Trinajstić information content (AvgIpc) is 2.28. The molecule has 0 spiro atoms. The largest absolute Gasteiger partial charge is 0.464 e. The summed E-state index contributed by atoms with van der Waals surface area (Å²) in [5, 5.41) is 13.5. The molecule has 6 nitrogen and oxygen atoms in total. The Bertz CT molecular complexity index is 221. The van der Waals surface area contributed by atoms with Crippen molar-refractivity contribution in [2.45, 2.75) is 32.2 Å². The van der Waals surface area contributed by atoms with Gasteiger partial charge in [-0.05, 0) is 6.42 Å². The first-order chi connectivity index (χ1) is 7.65. The van der Waals surface area contributed by atoms with E-state index < -0.39 is 18.0 Å². The highest BCUT2D eigenvalue weighted by atomic mass is 16.5. The number of esters is 1. The van der Waals surface area contributed by atoms with Crippen LogP contribution in [0, 0.1) is 0 Å². The summed E-state index contributed by atoms with van der Waals surface area (Å²) in [5.41, 5.74) is 0. The van der Waals surface area contributed by atoms with Gasteiger partial charge in [-0.15, -0.1) is 0 Å². The molecule has 0 bridgehead atoms. The Hall–Kier alpha value is -1.30. The molecule has 0 unspecified atom stereocenters. The zero-order valence-corrected chi connectivity index (χ0v) is 9.78. The molecule has 94 valence electrons. The Balaban J connectivity index is 4.07. The minimum absolute atomic E-state index is 0.151. The minimum atomic E-state index is -0.790. The summed E-state index contributed by atoms with van der Waals surface area (Å²) < 4.78 is 4.95. The fraction of sp³-hybridized carbons (Fsp3) is 0.800. The maximum Gasteiger partial charge on any atom is 0.328 e. The third kappa shape index (κ3) is 6.23. The van der Waals surface area contributed by atoms with Crippen molar-refractivity contribution in [3.05, 3.63) is 0 Å². The molecule has 16 heavy (non-hydrogen) atoms. The molecule has 6 heteroatoms. The second-order valence-corrected chi connectivity index (χ2v) is 3.31. The van der Waals surface area contributed by atoms with Crippen LogP contribution in [0.15, 0.2) is 0 Å². The van der Waals surface area contributed by atoms with Crippen molar-refractivity contribution in [2.24, 2.45) is 0 Å². The van der Waals surface area contributed by atoms with E-state index in [2.05, 4.69) is 10.6 Å². The number of rotatable bonds is 7. The SMILES string of the molecule is CCCCOC(=O)[C@@H](CCO)NC(=O)NC. The van der Waals surface area contributed by atoms with Gasteiger partial charge in [0, 0.05) is 20.1 Å². The van der Waals surface area contributed by atoms with E-state index in [0.717, 1.165) is 12.8 Å². The second kappa shape index (κ2) is 8.96. The van der Waals surface area contributed by atoms with Gasteiger partial charge in [-0.1, -0.05) is 13.3 Å². The van der Waals surface area contributed by atoms with Crippen LogP contribution in [0.4, 0.5) is 4.79 Å². The second-order valence-electron chi connectivity index (χ2n) is 3.31. The summed E-state index contributed by atoms with van der Waals surface area (Å²) in [7, 11) is 1.45. The lowest BCUT2D eigenvalue weighted by Crippen LogP contribution is -2.46. The molecule has 0 saturated heterocycles. The maximum atomic E-state index is 11.5. The number of nitrogens with one attached hydrogen (secondary N) is 2. The highest BCUT2D eigenvalue weighted by molar-refractivity contribution is 5.83. The van der Waals surface area contributed by atoms with E-state index in [9.17, 15) is 9.59 Å². The molecule has 0 saturated carbocycles. The normalized spacial score (nSPS) is 11.7. The van der Waals surface area contributed by atoms with Gasteiger partial charge < -0.3 is 20.5 Å². The van der Waals surface area contributed by atoms with Crippen LogP contribution in [0.5, 0.6) is 0 Å². The molecule has 0 aliphatic carbocycles. The van der Waals surface area contributed by atoms with Gasteiger partial charge in [0.25, 0.3) is 0 Å². The third-order valence-electron chi connectivity index (χ3n) is 1.98. The minimum Gasteiger partial charge on any atom is -0.464 e. The standard InChI is InChI=1S/C10H20N2O4/c1-3-4-7-16-9(14)8(5-6-13)12-10(15)11-2/h8,13H,3-7H2,1-2H3,(H2,11,12,15)/t8-/m1/s1. The molecule has 0 radical (unpaired) electrons. The summed E-state index contributed by atoms with van der Waals surface area (Å²) in [6, 6.07) is -1.26. The van der Waals surface area contributed by atoms with Gasteiger partial charge >= 0.3 is 12.0 Å². The van der Waals surface area contributed by atoms with E-state index >= 15 is 0 Å². The Morgan fingerprint density at radius 2 is 2.12 bits per heavy atom. The van der Waals surface area contributed by atoms with E-state index in [0.29, 0.717) is 6.61 Å². The quantitative estimate of drug-likeness (QED) is 0.426. The number of ether oxygens (including phenoxy) is 1. The molecule has 0 rings (SSSR count). The molecule has 0 aliphatic heterocycles. The number of carbonyl (C=O) groups is 2. The zero-order chi connectivity index (χ0) is 12.4. The van der Waals surface area contributed by atoms with Crippen LogP contribution in [0.2, 0.25) is 0 Å². The van der Waals surface area contributed by atoms with Gasteiger partial charge in [0.1, 0.15) is 6.04 Å². The molecule has 3 N–H and O–H groups in total. The number of urea groups is 1. The van der Waals surface area contributed by atoms with Crippen molar-refractivity contribution in [1.29, 1.82) is 0 Å². The molecule has 0 aromatic rings. The van der Waals surface area contributed by atoms with E-state index in [1.54, 1.807) is 0 Å². The van der Waals surface area contributed by atoms with Crippen LogP contribution in [-0.2, 0) is 9.53 Å². The Kier molecular flexibility index (Phi) is 8.24. The van der Waals surface area contributed by atoms with Crippen LogP contribution in [0.1, 0.15) is 26.2 Å². The number of unbranched alkanes of at least 4 members (excludes halogenated alkanes) is 1. The molecule has 0 fully saturated rings. The fourth-order valence-corrected chi connectivity index (χ4v) is 1.03. The van der Waals surface area contributed by atoms with Crippen molar-refractivity contribution in [2.75, 3.05) is 20.3 Å². The fourth-order valence-electron chi connectivity index (χ4n) is 1.03. The van der Waals surface area contributed by atoms with Crippen molar-refractivity contribution >= 4 is 12.0 Å². The lowest BCUT2D eigenvalue weighted by molar-refractivity contribution is -0.146. The number of hydrogen-bond donors (Lipinski definition) is 3. The summed E-state index contributed by atoms with van der Waals surface area (Å²) in [6.07, 6.45) is 1.87. The molecular formula is C10H20N2O4. The van der Waals surface area contributed by atoms with Crippen LogP contribution in [0.3, 0.4) is 0 Å². The van der Waals surface area contributed by atoms with Gasteiger partial charge in [-0.2, -0.15) is 0 Å². The number of aliphatic hydroxyl groups is 1.